The number of para-hydroxylation sites is 1. The standard InChI is InChI=1S/C9H7ClO3/c10-9(11)13-8-5-12-7-4-2-1-3-6(7)8/h1-4,8H,5H2. The van der Waals surface area contributed by atoms with Crippen molar-refractivity contribution < 1.29 is 14.3 Å². The number of halogens is 1. The Morgan fingerprint density at radius 3 is 3.08 bits per heavy atom. The van der Waals surface area contributed by atoms with Gasteiger partial charge in [-0.1, -0.05) is 18.2 Å². The number of carbonyl (C=O) groups excluding carboxylic acids is 1. The fourth-order valence-electron chi connectivity index (χ4n) is 1.34. The molecular weight excluding hydrogens is 192 g/mol. The van der Waals surface area contributed by atoms with Crippen LogP contribution >= 0.6 is 11.6 Å². The van der Waals surface area contributed by atoms with Crippen LogP contribution in [0.2, 0.25) is 0 Å². The molecule has 1 aromatic carbocycles. The predicted octanol–water partition coefficient (Wildman–Crippen LogP) is 2.50. The van der Waals surface area contributed by atoms with Crippen molar-refractivity contribution in [2.24, 2.45) is 0 Å². The van der Waals surface area contributed by atoms with E-state index in [1.165, 1.54) is 0 Å². The van der Waals surface area contributed by atoms with Gasteiger partial charge in [0.05, 0.1) is 0 Å². The van der Waals surface area contributed by atoms with Crippen molar-refractivity contribution in [3.63, 3.8) is 0 Å². The molecule has 13 heavy (non-hydrogen) atoms. The topological polar surface area (TPSA) is 35.5 Å². The lowest BCUT2D eigenvalue weighted by Crippen LogP contribution is -2.06. The van der Waals surface area contributed by atoms with E-state index in [2.05, 4.69) is 0 Å². The van der Waals surface area contributed by atoms with Crippen LogP contribution in [0.5, 0.6) is 5.75 Å². The molecule has 1 unspecified atom stereocenters. The number of hydrogen-bond donors (Lipinski definition) is 0. The summed E-state index contributed by atoms with van der Waals surface area (Å²) in [4.78, 5) is 10.5. The lowest BCUT2D eigenvalue weighted by molar-refractivity contribution is 0.103. The van der Waals surface area contributed by atoms with Gasteiger partial charge in [0.25, 0.3) is 0 Å². The first kappa shape index (κ1) is 8.38. The summed E-state index contributed by atoms with van der Waals surface area (Å²) in [5.41, 5.74) is 0.0711. The van der Waals surface area contributed by atoms with Gasteiger partial charge in [-0.05, 0) is 6.07 Å². The molecule has 0 aliphatic carbocycles. The van der Waals surface area contributed by atoms with Gasteiger partial charge in [-0.3, -0.25) is 0 Å². The molecule has 4 heteroatoms. The molecule has 1 aromatic rings. The van der Waals surface area contributed by atoms with E-state index in [0.29, 0.717) is 6.61 Å². The van der Waals surface area contributed by atoms with Crippen LogP contribution in [-0.4, -0.2) is 12.0 Å². The molecule has 0 radical (unpaired) electrons. The Hall–Kier alpha value is -1.22. The third-order valence-electron chi connectivity index (χ3n) is 1.89. The van der Waals surface area contributed by atoms with Crippen LogP contribution in [0.25, 0.3) is 0 Å². The highest BCUT2D eigenvalue weighted by atomic mass is 35.5. The molecule has 68 valence electrons. The Morgan fingerprint density at radius 2 is 2.31 bits per heavy atom. The number of rotatable bonds is 1. The molecule has 0 saturated carbocycles. The van der Waals surface area contributed by atoms with Gasteiger partial charge in [-0.15, -0.1) is 0 Å². The van der Waals surface area contributed by atoms with Gasteiger partial charge in [0.2, 0.25) is 0 Å². The maximum atomic E-state index is 10.5. The van der Waals surface area contributed by atoms with E-state index in [-0.39, 0.29) is 6.10 Å². The van der Waals surface area contributed by atoms with Crippen molar-refractivity contribution in [2.75, 3.05) is 6.61 Å². The Kier molecular flexibility index (Phi) is 2.10. The number of benzene rings is 1. The molecule has 1 heterocycles. The Bertz CT molecular complexity index is 337. The summed E-state index contributed by atoms with van der Waals surface area (Å²) in [6.07, 6.45) is -0.360. The molecular formula is C9H7ClO3. The van der Waals surface area contributed by atoms with Gasteiger partial charge in [-0.25, -0.2) is 4.79 Å². The minimum Gasteiger partial charge on any atom is -0.489 e. The van der Waals surface area contributed by atoms with Gasteiger partial charge in [0.1, 0.15) is 12.4 Å². The molecule has 1 aliphatic heterocycles. The first-order chi connectivity index (χ1) is 6.27. The van der Waals surface area contributed by atoms with Crippen molar-refractivity contribution >= 4 is 17.0 Å². The highest BCUT2D eigenvalue weighted by Crippen LogP contribution is 2.34. The normalized spacial score (nSPS) is 19.0. The second-order valence-corrected chi connectivity index (χ2v) is 3.00. The summed E-state index contributed by atoms with van der Waals surface area (Å²) in [5.74, 6) is 0.755. The number of ether oxygens (including phenoxy) is 2. The van der Waals surface area contributed by atoms with Crippen molar-refractivity contribution in [3.05, 3.63) is 29.8 Å². The molecule has 0 fully saturated rings. The lowest BCUT2D eigenvalue weighted by Gasteiger charge is -2.06. The highest BCUT2D eigenvalue weighted by molar-refractivity contribution is 6.61. The number of fused-ring (bicyclic) bond motifs is 1. The van der Waals surface area contributed by atoms with E-state index >= 15 is 0 Å². The van der Waals surface area contributed by atoms with E-state index in [4.69, 9.17) is 21.1 Å². The maximum absolute atomic E-state index is 10.5. The largest absolute Gasteiger partial charge is 0.489 e. The quantitative estimate of drug-likeness (QED) is 0.651. The minimum absolute atomic E-state index is 0.345. The van der Waals surface area contributed by atoms with Crippen LogP contribution in [0.4, 0.5) is 4.79 Å². The van der Waals surface area contributed by atoms with Crippen molar-refractivity contribution in [2.45, 2.75) is 6.10 Å². The van der Waals surface area contributed by atoms with E-state index in [9.17, 15) is 4.79 Å². The van der Waals surface area contributed by atoms with E-state index in [0.717, 1.165) is 11.3 Å². The van der Waals surface area contributed by atoms with Crippen molar-refractivity contribution in [3.8, 4) is 5.75 Å². The molecule has 1 atom stereocenters. The second-order valence-electron chi connectivity index (χ2n) is 2.69. The summed E-state index contributed by atoms with van der Waals surface area (Å²) >= 11 is 5.11. The fraction of sp³-hybridized carbons (Fsp3) is 0.222. The first-order valence-electron chi connectivity index (χ1n) is 3.85. The van der Waals surface area contributed by atoms with Gasteiger partial charge >= 0.3 is 5.43 Å². The monoisotopic (exact) mass is 198 g/mol. The van der Waals surface area contributed by atoms with Crippen molar-refractivity contribution in [1.29, 1.82) is 0 Å². The summed E-state index contributed by atoms with van der Waals surface area (Å²) in [7, 11) is 0. The SMILES string of the molecule is O=C(Cl)OC1COc2ccccc21. The Labute approximate surface area is 80.2 Å². The predicted molar refractivity (Wildman–Crippen MR) is 47.0 cm³/mol. The zero-order valence-electron chi connectivity index (χ0n) is 6.70. The van der Waals surface area contributed by atoms with Gasteiger partial charge in [0.15, 0.2) is 6.10 Å². The molecule has 0 bridgehead atoms. The smallest absolute Gasteiger partial charge is 0.404 e. The molecule has 0 amide bonds. The van der Waals surface area contributed by atoms with E-state index in [1.54, 1.807) is 0 Å². The van der Waals surface area contributed by atoms with Crippen LogP contribution in [0, 0.1) is 0 Å². The van der Waals surface area contributed by atoms with Crippen LogP contribution in [-0.2, 0) is 4.74 Å². The van der Waals surface area contributed by atoms with Gasteiger partial charge in [0, 0.05) is 17.2 Å². The molecule has 1 aliphatic rings. The van der Waals surface area contributed by atoms with Gasteiger partial charge < -0.3 is 9.47 Å². The van der Waals surface area contributed by atoms with Gasteiger partial charge in [-0.2, -0.15) is 0 Å². The van der Waals surface area contributed by atoms with Crippen LogP contribution in [0.15, 0.2) is 24.3 Å². The maximum Gasteiger partial charge on any atom is 0.404 e. The molecule has 0 saturated heterocycles. The van der Waals surface area contributed by atoms with Crippen LogP contribution in [0.3, 0.4) is 0 Å². The summed E-state index contributed by atoms with van der Waals surface area (Å²) < 4.78 is 10.1. The van der Waals surface area contributed by atoms with Crippen molar-refractivity contribution in [1.82, 2.24) is 0 Å². The second kappa shape index (κ2) is 3.26. The molecule has 3 nitrogen and oxygen atoms in total. The molecule has 0 spiro atoms. The summed E-state index contributed by atoms with van der Waals surface area (Å²) in [5, 5.41) is 0. The Morgan fingerprint density at radius 1 is 1.54 bits per heavy atom. The third kappa shape index (κ3) is 1.60. The molecule has 0 N–H and O–H groups in total. The number of hydrogen-bond acceptors (Lipinski definition) is 3. The number of carbonyl (C=O) groups is 1. The average Bonchev–Trinajstić information content (AvgIpc) is 2.48. The first-order valence-corrected chi connectivity index (χ1v) is 4.23. The summed E-state index contributed by atoms with van der Waals surface area (Å²) in [6, 6.07) is 7.41. The molecule has 2 rings (SSSR count). The summed E-state index contributed by atoms with van der Waals surface area (Å²) in [6.45, 7) is 0.345. The van der Waals surface area contributed by atoms with E-state index < -0.39 is 5.43 Å². The van der Waals surface area contributed by atoms with Crippen LogP contribution in [0.1, 0.15) is 11.7 Å². The lowest BCUT2D eigenvalue weighted by atomic mass is 10.1. The molecule has 0 aromatic heterocycles. The zero-order valence-corrected chi connectivity index (χ0v) is 7.45. The zero-order chi connectivity index (χ0) is 9.26. The van der Waals surface area contributed by atoms with Crippen LogP contribution < -0.4 is 4.74 Å². The minimum atomic E-state index is -0.801. The van der Waals surface area contributed by atoms with E-state index in [1.807, 2.05) is 24.3 Å². The Balaban J connectivity index is 2.23. The average molecular weight is 199 g/mol. The fourth-order valence-corrected chi connectivity index (χ4v) is 1.45. The third-order valence-corrected chi connectivity index (χ3v) is 1.98. The highest BCUT2D eigenvalue weighted by Gasteiger charge is 2.26.